The quantitative estimate of drug-likeness (QED) is 0.882. The second-order valence-electron chi connectivity index (χ2n) is 7.56. The van der Waals surface area contributed by atoms with E-state index in [2.05, 4.69) is 12.2 Å². The van der Waals surface area contributed by atoms with Crippen molar-refractivity contribution >= 4 is 17.6 Å². The minimum absolute atomic E-state index is 0.0582. The first-order chi connectivity index (χ1) is 12.4. The van der Waals surface area contributed by atoms with Gasteiger partial charge in [0.15, 0.2) is 0 Å². The molecule has 1 aromatic rings. The molecule has 2 saturated heterocycles. The van der Waals surface area contributed by atoms with Crippen molar-refractivity contribution in [2.45, 2.75) is 39.7 Å². The fourth-order valence-corrected chi connectivity index (χ4v) is 3.53. The number of ether oxygens (including phenoxy) is 1. The van der Waals surface area contributed by atoms with E-state index in [4.69, 9.17) is 4.74 Å². The number of anilines is 1. The summed E-state index contributed by atoms with van der Waals surface area (Å²) in [5, 5.41) is 2.96. The van der Waals surface area contributed by atoms with Crippen LogP contribution in [0.1, 0.15) is 42.6 Å². The van der Waals surface area contributed by atoms with Crippen LogP contribution < -0.4 is 5.32 Å². The van der Waals surface area contributed by atoms with Crippen molar-refractivity contribution in [2.75, 3.05) is 38.1 Å². The lowest BCUT2D eigenvalue weighted by Crippen LogP contribution is -2.46. The fourth-order valence-electron chi connectivity index (χ4n) is 3.53. The second-order valence-corrected chi connectivity index (χ2v) is 7.56. The molecule has 1 unspecified atom stereocenters. The molecule has 142 valence electrons. The third-order valence-electron chi connectivity index (χ3n) is 5.31. The molecule has 0 radical (unpaired) electrons. The molecule has 0 aliphatic carbocycles. The molecule has 1 atom stereocenters. The highest BCUT2D eigenvalue weighted by molar-refractivity contribution is 5.96. The van der Waals surface area contributed by atoms with E-state index in [9.17, 15) is 9.59 Å². The van der Waals surface area contributed by atoms with Crippen LogP contribution in [0.2, 0.25) is 0 Å². The molecule has 3 rings (SSSR count). The Balaban J connectivity index is 1.63. The predicted octanol–water partition coefficient (Wildman–Crippen LogP) is 3.12. The highest BCUT2D eigenvalue weighted by Crippen LogP contribution is 2.22. The molecule has 6 heteroatoms. The number of carbonyl (C=O) groups excluding carboxylic acids is 2. The normalized spacial score (nSPS) is 21.6. The van der Waals surface area contributed by atoms with Crippen molar-refractivity contribution in [3.05, 3.63) is 29.3 Å². The van der Waals surface area contributed by atoms with E-state index < -0.39 is 0 Å². The van der Waals surface area contributed by atoms with Gasteiger partial charge in [0, 0.05) is 37.4 Å². The average molecular weight is 359 g/mol. The Bertz CT molecular complexity index is 668. The lowest BCUT2D eigenvalue weighted by atomic mass is 9.98. The Morgan fingerprint density at radius 3 is 2.50 bits per heavy atom. The van der Waals surface area contributed by atoms with Gasteiger partial charge in [0.1, 0.15) is 0 Å². The zero-order valence-corrected chi connectivity index (χ0v) is 16.0. The summed E-state index contributed by atoms with van der Waals surface area (Å²) in [6.45, 7) is 9.53. The number of hydrogen-bond donors (Lipinski definition) is 1. The lowest BCUT2D eigenvalue weighted by molar-refractivity contribution is -0.00138. The van der Waals surface area contributed by atoms with Crippen LogP contribution in [-0.4, -0.2) is 60.6 Å². The van der Waals surface area contributed by atoms with Crippen LogP contribution in [0.15, 0.2) is 18.2 Å². The summed E-state index contributed by atoms with van der Waals surface area (Å²) in [5.74, 6) is 0.779. The van der Waals surface area contributed by atoms with Crippen molar-refractivity contribution in [1.82, 2.24) is 9.80 Å². The largest absolute Gasteiger partial charge is 0.375 e. The van der Waals surface area contributed by atoms with Gasteiger partial charge in [-0.05, 0) is 56.4 Å². The smallest absolute Gasteiger partial charge is 0.322 e. The van der Waals surface area contributed by atoms with E-state index in [0.29, 0.717) is 31.2 Å². The molecule has 2 fully saturated rings. The molecular weight excluding hydrogens is 330 g/mol. The van der Waals surface area contributed by atoms with E-state index in [1.165, 1.54) is 0 Å². The summed E-state index contributed by atoms with van der Waals surface area (Å²) in [6, 6.07) is 5.40. The number of benzene rings is 1. The summed E-state index contributed by atoms with van der Waals surface area (Å²) in [6.07, 6.45) is 2.19. The molecule has 6 nitrogen and oxygen atoms in total. The maximum Gasteiger partial charge on any atom is 0.322 e. The van der Waals surface area contributed by atoms with Crippen LogP contribution >= 0.6 is 0 Å². The summed E-state index contributed by atoms with van der Waals surface area (Å²) >= 11 is 0. The van der Waals surface area contributed by atoms with E-state index in [1.54, 1.807) is 4.90 Å². The van der Waals surface area contributed by atoms with Crippen molar-refractivity contribution in [3.8, 4) is 0 Å². The molecule has 0 saturated carbocycles. The number of nitrogens with zero attached hydrogens (tertiary/aromatic N) is 2. The number of rotatable bonds is 2. The van der Waals surface area contributed by atoms with Gasteiger partial charge in [0.25, 0.3) is 5.91 Å². The van der Waals surface area contributed by atoms with Gasteiger partial charge in [-0.1, -0.05) is 6.92 Å². The Hall–Kier alpha value is -2.08. The van der Waals surface area contributed by atoms with Crippen LogP contribution in [0.3, 0.4) is 0 Å². The standard InChI is InChI=1S/C20H29N3O3/c1-14-6-8-22(9-7-14)19(24)17-4-5-18(15(2)12-17)21-20(25)23-10-11-26-16(3)13-23/h4-5,12,14,16H,6-11,13H2,1-3H3,(H,21,25). The van der Waals surface area contributed by atoms with E-state index in [0.717, 1.165) is 37.2 Å². The molecule has 3 amide bonds. The van der Waals surface area contributed by atoms with Crippen molar-refractivity contribution in [1.29, 1.82) is 0 Å². The molecule has 26 heavy (non-hydrogen) atoms. The van der Waals surface area contributed by atoms with E-state index in [1.807, 2.05) is 36.9 Å². The molecule has 2 aliphatic heterocycles. The lowest BCUT2D eigenvalue weighted by Gasteiger charge is -2.31. The molecule has 1 N–H and O–H groups in total. The maximum absolute atomic E-state index is 12.7. The second kappa shape index (κ2) is 8.08. The summed E-state index contributed by atoms with van der Waals surface area (Å²) < 4.78 is 5.47. The topological polar surface area (TPSA) is 61.9 Å². The van der Waals surface area contributed by atoms with Crippen LogP contribution in [-0.2, 0) is 4.74 Å². The first kappa shape index (κ1) is 18.7. The summed E-state index contributed by atoms with van der Waals surface area (Å²) in [5.41, 5.74) is 2.34. The Morgan fingerprint density at radius 2 is 1.85 bits per heavy atom. The van der Waals surface area contributed by atoms with Crippen molar-refractivity contribution < 1.29 is 14.3 Å². The number of aryl methyl sites for hydroxylation is 1. The van der Waals surface area contributed by atoms with Gasteiger partial charge in [0.2, 0.25) is 0 Å². The van der Waals surface area contributed by atoms with Gasteiger partial charge in [-0.15, -0.1) is 0 Å². The van der Waals surface area contributed by atoms with Gasteiger partial charge in [-0.25, -0.2) is 4.79 Å². The minimum Gasteiger partial charge on any atom is -0.375 e. The first-order valence-electron chi connectivity index (χ1n) is 9.51. The van der Waals surface area contributed by atoms with Crippen molar-refractivity contribution in [2.24, 2.45) is 5.92 Å². The first-order valence-corrected chi connectivity index (χ1v) is 9.51. The zero-order chi connectivity index (χ0) is 18.7. The molecule has 2 aliphatic rings. The zero-order valence-electron chi connectivity index (χ0n) is 16.0. The van der Waals surface area contributed by atoms with E-state index in [-0.39, 0.29) is 18.0 Å². The number of piperidine rings is 1. The number of hydrogen-bond acceptors (Lipinski definition) is 3. The Labute approximate surface area is 155 Å². The van der Waals surface area contributed by atoms with Gasteiger partial charge in [0.05, 0.1) is 12.7 Å². The molecule has 0 spiro atoms. The molecule has 0 aromatic heterocycles. The van der Waals surface area contributed by atoms with Crippen molar-refractivity contribution in [3.63, 3.8) is 0 Å². The van der Waals surface area contributed by atoms with E-state index >= 15 is 0 Å². The van der Waals surface area contributed by atoms with Crippen LogP contribution in [0.25, 0.3) is 0 Å². The third-order valence-corrected chi connectivity index (χ3v) is 5.31. The highest BCUT2D eigenvalue weighted by Gasteiger charge is 2.23. The predicted molar refractivity (Wildman–Crippen MR) is 101 cm³/mol. The molecule has 2 heterocycles. The van der Waals surface area contributed by atoms with Crippen LogP contribution in [0, 0.1) is 12.8 Å². The van der Waals surface area contributed by atoms with Gasteiger partial charge in [-0.3, -0.25) is 4.79 Å². The summed E-state index contributed by atoms with van der Waals surface area (Å²) in [4.78, 5) is 28.8. The number of amides is 3. The maximum atomic E-state index is 12.7. The number of urea groups is 1. The number of likely N-dealkylation sites (tertiary alicyclic amines) is 1. The van der Waals surface area contributed by atoms with Gasteiger partial charge >= 0.3 is 6.03 Å². The summed E-state index contributed by atoms with van der Waals surface area (Å²) in [7, 11) is 0. The number of carbonyl (C=O) groups is 2. The molecule has 1 aromatic carbocycles. The highest BCUT2D eigenvalue weighted by atomic mass is 16.5. The Morgan fingerprint density at radius 1 is 1.12 bits per heavy atom. The van der Waals surface area contributed by atoms with Gasteiger partial charge in [-0.2, -0.15) is 0 Å². The monoisotopic (exact) mass is 359 g/mol. The third kappa shape index (κ3) is 4.36. The molecular formula is C20H29N3O3. The fraction of sp³-hybridized carbons (Fsp3) is 0.600. The average Bonchev–Trinajstić information content (AvgIpc) is 2.63. The Kier molecular flexibility index (Phi) is 5.81. The SMILES string of the molecule is Cc1cc(C(=O)N2CCC(C)CC2)ccc1NC(=O)N1CCOC(C)C1. The number of nitrogens with one attached hydrogen (secondary N) is 1. The number of morpholine rings is 1. The minimum atomic E-state index is -0.118. The van der Waals surface area contributed by atoms with Crippen LogP contribution in [0.4, 0.5) is 10.5 Å². The van der Waals surface area contributed by atoms with Crippen LogP contribution in [0.5, 0.6) is 0 Å². The molecule has 0 bridgehead atoms. The van der Waals surface area contributed by atoms with Gasteiger partial charge < -0.3 is 19.9 Å².